The molecule has 0 unspecified atom stereocenters. The molecule has 10 heteroatoms. The number of nitrogens with zero attached hydrogens (tertiary/aromatic N) is 4. The van der Waals surface area contributed by atoms with Crippen LogP contribution < -0.4 is 5.32 Å². The minimum Gasteiger partial charge on any atom is -0.295 e. The molecule has 6 nitrogen and oxygen atoms in total. The van der Waals surface area contributed by atoms with Gasteiger partial charge in [0.15, 0.2) is 10.9 Å². The summed E-state index contributed by atoms with van der Waals surface area (Å²) in [6.45, 7) is 1.79. The molecule has 2 heterocycles. The Labute approximate surface area is 155 Å². The van der Waals surface area contributed by atoms with Gasteiger partial charge in [-0.25, -0.2) is 14.4 Å². The second kappa shape index (κ2) is 7.85. The van der Waals surface area contributed by atoms with Crippen LogP contribution in [-0.2, 0) is 5.75 Å². The molecule has 3 aromatic rings. The van der Waals surface area contributed by atoms with Gasteiger partial charge in [0.1, 0.15) is 10.8 Å². The number of nitrogens with one attached hydrogen (secondary N) is 1. The first kappa shape index (κ1) is 17.7. The van der Waals surface area contributed by atoms with E-state index < -0.39 is 5.91 Å². The fourth-order valence-corrected chi connectivity index (χ4v) is 3.35. The number of carbonyl (C=O) groups is 1. The lowest BCUT2D eigenvalue weighted by Gasteiger charge is -2.05. The van der Waals surface area contributed by atoms with E-state index in [9.17, 15) is 9.18 Å². The van der Waals surface area contributed by atoms with Gasteiger partial charge in [-0.3, -0.25) is 10.1 Å². The van der Waals surface area contributed by atoms with Crippen molar-refractivity contribution in [2.75, 3.05) is 5.32 Å². The molecule has 0 fully saturated rings. The molecule has 0 saturated heterocycles. The Bertz CT molecular complexity index is 903. The van der Waals surface area contributed by atoms with Gasteiger partial charge < -0.3 is 0 Å². The van der Waals surface area contributed by atoms with Crippen LogP contribution in [0.1, 0.15) is 21.1 Å². The summed E-state index contributed by atoms with van der Waals surface area (Å²) in [5.74, 6) is -0.229. The van der Waals surface area contributed by atoms with E-state index >= 15 is 0 Å². The van der Waals surface area contributed by atoms with Gasteiger partial charge in [0.25, 0.3) is 5.91 Å². The Balaban J connectivity index is 1.71. The van der Waals surface area contributed by atoms with E-state index in [0.717, 1.165) is 10.6 Å². The maximum atomic E-state index is 12.9. The molecule has 1 amide bonds. The molecule has 3 rings (SSSR count). The number of thioether (sulfide) groups is 1. The number of halogens is 2. The van der Waals surface area contributed by atoms with Gasteiger partial charge in [-0.15, -0.1) is 10.2 Å². The van der Waals surface area contributed by atoms with E-state index in [-0.39, 0.29) is 16.5 Å². The van der Waals surface area contributed by atoms with Crippen LogP contribution in [0.25, 0.3) is 0 Å². The van der Waals surface area contributed by atoms with E-state index in [0.29, 0.717) is 16.0 Å². The minimum absolute atomic E-state index is 0.0612. The Kier molecular flexibility index (Phi) is 5.57. The minimum atomic E-state index is -0.479. The molecule has 0 atom stereocenters. The summed E-state index contributed by atoms with van der Waals surface area (Å²) in [7, 11) is 0. The third-order valence-electron chi connectivity index (χ3n) is 2.96. The highest BCUT2D eigenvalue weighted by Gasteiger charge is 2.16. The van der Waals surface area contributed by atoms with Crippen LogP contribution in [0.15, 0.2) is 35.6 Å². The summed E-state index contributed by atoms with van der Waals surface area (Å²) in [6, 6.07) is 6.15. The standard InChI is InChI=1S/C15H11ClFN5OS2/c1-8-21-22-15(25-8)20-13(23)12-11(16)6-18-14(19-12)24-7-9-2-4-10(17)5-3-9/h2-6H,7H2,1H3,(H,20,22,23). The number of aromatic nitrogens is 4. The first-order valence-electron chi connectivity index (χ1n) is 7.02. The van der Waals surface area contributed by atoms with Crippen LogP contribution >= 0.6 is 34.7 Å². The summed E-state index contributed by atoms with van der Waals surface area (Å²) in [5, 5.41) is 11.9. The lowest BCUT2D eigenvalue weighted by atomic mass is 10.2. The highest BCUT2D eigenvalue weighted by atomic mass is 35.5. The second-order valence-corrected chi connectivity index (χ2v) is 7.38. The summed E-state index contributed by atoms with van der Waals surface area (Å²) >= 11 is 8.60. The average Bonchev–Trinajstić information content (AvgIpc) is 3.00. The van der Waals surface area contributed by atoms with Crippen LogP contribution in [-0.4, -0.2) is 26.1 Å². The normalized spacial score (nSPS) is 10.7. The topological polar surface area (TPSA) is 80.7 Å². The van der Waals surface area contributed by atoms with Crippen molar-refractivity contribution in [3.05, 3.63) is 57.6 Å². The van der Waals surface area contributed by atoms with Crippen LogP contribution in [0.4, 0.5) is 9.52 Å². The van der Waals surface area contributed by atoms with Gasteiger partial charge in [-0.2, -0.15) is 0 Å². The van der Waals surface area contributed by atoms with Crippen molar-refractivity contribution in [2.45, 2.75) is 17.8 Å². The molecule has 0 bridgehead atoms. The average molecular weight is 396 g/mol. The fraction of sp³-hybridized carbons (Fsp3) is 0.133. The van der Waals surface area contributed by atoms with Crippen molar-refractivity contribution in [1.82, 2.24) is 20.2 Å². The molecule has 0 aliphatic heterocycles. The smallest absolute Gasteiger partial charge is 0.277 e. The van der Waals surface area contributed by atoms with Crippen LogP contribution in [0.5, 0.6) is 0 Å². The Hall–Kier alpha value is -2.10. The van der Waals surface area contributed by atoms with Crippen molar-refractivity contribution < 1.29 is 9.18 Å². The number of hydrogen-bond donors (Lipinski definition) is 1. The zero-order chi connectivity index (χ0) is 17.8. The van der Waals surface area contributed by atoms with Crippen molar-refractivity contribution >= 4 is 45.7 Å². The Morgan fingerprint density at radius 1 is 1.32 bits per heavy atom. The monoisotopic (exact) mass is 395 g/mol. The quantitative estimate of drug-likeness (QED) is 0.520. The highest BCUT2D eigenvalue weighted by Crippen LogP contribution is 2.23. The number of amides is 1. The van der Waals surface area contributed by atoms with Gasteiger partial charge >= 0.3 is 0 Å². The van der Waals surface area contributed by atoms with Crippen molar-refractivity contribution in [2.24, 2.45) is 0 Å². The maximum Gasteiger partial charge on any atom is 0.277 e. The van der Waals surface area contributed by atoms with E-state index in [1.807, 2.05) is 0 Å². The Morgan fingerprint density at radius 2 is 2.08 bits per heavy atom. The molecular formula is C15H11ClFN5OS2. The van der Waals surface area contributed by atoms with E-state index in [1.54, 1.807) is 19.1 Å². The summed E-state index contributed by atoms with van der Waals surface area (Å²) in [5.41, 5.74) is 0.978. The molecule has 0 spiro atoms. The SMILES string of the molecule is Cc1nnc(NC(=O)c2nc(SCc3ccc(F)cc3)ncc2Cl)s1. The number of anilines is 1. The molecule has 1 N–H and O–H groups in total. The number of benzene rings is 1. The molecule has 0 saturated carbocycles. The van der Waals surface area contributed by atoms with E-state index in [1.165, 1.54) is 41.4 Å². The first-order chi connectivity index (χ1) is 12.0. The van der Waals surface area contributed by atoms with Crippen LogP contribution in [0.3, 0.4) is 0 Å². The number of rotatable bonds is 5. The largest absolute Gasteiger partial charge is 0.295 e. The zero-order valence-electron chi connectivity index (χ0n) is 12.9. The summed E-state index contributed by atoms with van der Waals surface area (Å²) < 4.78 is 12.9. The lowest BCUT2D eigenvalue weighted by molar-refractivity contribution is 0.102. The fourth-order valence-electron chi connectivity index (χ4n) is 1.81. The number of hydrogen-bond acceptors (Lipinski definition) is 7. The molecule has 1 aromatic carbocycles. The third kappa shape index (κ3) is 4.71. The van der Waals surface area contributed by atoms with Gasteiger partial charge in [0.05, 0.1) is 11.2 Å². The third-order valence-corrected chi connectivity index (χ3v) is 4.93. The van der Waals surface area contributed by atoms with Crippen molar-refractivity contribution in [1.29, 1.82) is 0 Å². The lowest BCUT2D eigenvalue weighted by Crippen LogP contribution is -2.15. The Morgan fingerprint density at radius 3 is 2.76 bits per heavy atom. The van der Waals surface area contributed by atoms with Gasteiger partial charge in [0, 0.05) is 5.75 Å². The predicted octanol–water partition coefficient (Wildman–Crippen LogP) is 3.97. The van der Waals surface area contributed by atoms with Gasteiger partial charge in [-0.05, 0) is 24.6 Å². The molecule has 0 radical (unpaired) electrons. The number of aryl methyl sites for hydroxylation is 1. The van der Waals surface area contributed by atoms with Gasteiger partial charge in [-0.1, -0.05) is 46.8 Å². The van der Waals surface area contributed by atoms with Crippen LogP contribution in [0, 0.1) is 12.7 Å². The first-order valence-corrected chi connectivity index (χ1v) is 9.20. The molecular weight excluding hydrogens is 385 g/mol. The molecule has 0 aliphatic rings. The predicted molar refractivity (Wildman–Crippen MR) is 95.6 cm³/mol. The second-order valence-electron chi connectivity index (χ2n) is 4.84. The molecule has 25 heavy (non-hydrogen) atoms. The van der Waals surface area contributed by atoms with Crippen LogP contribution in [0.2, 0.25) is 5.02 Å². The maximum absolute atomic E-state index is 12.9. The highest BCUT2D eigenvalue weighted by molar-refractivity contribution is 7.98. The van der Waals surface area contributed by atoms with E-state index in [4.69, 9.17) is 11.6 Å². The molecule has 2 aromatic heterocycles. The van der Waals surface area contributed by atoms with Crippen molar-refractivity contribution in [3.8, 4) is 0 Å². The van der Waals surface area contributed by atoms with Crippen molar-refractivity contribution in [3.63, 3.8) is 0 Å². The zero-order valence-corrected chi connectivity index (χ0v) is 15.3. The van der Waals surface area contributed by atoms with Gasteiger partial charge in [0.2, 0.25) is 5.13 Å². The molecule has 0 aliphatic carbocycles. The van der Waals surface area contributed by atoms with E-state index in [2.05, 4.69) is 25.5 Å². The summed E-state index contributed by atoms with van der Waals surface area (Å²) in [6.07, 6.45) is 1.38. The molecule has 128 valence electrons. The summed E-state index contributed by atoms with van der Waals surface area (Å²) in [4.78, 5) is 20.6. The number of carbonyl (C=O) groups excluding carboxylic acids is 1.